The van der Waals surface area contributed by atoms with E-state index >= 15 is 0 Å². The standard InChI is InChI=1S/C14H20/c1-10(2)13-8-12-6-5-7-14(4,9-13)11(12)3/h5-6,12-13H,1,3,7-9H2,2,4H3/t12-,13+,14+/m0/s1. The monoisotopic (exact) mass is 188 g/mol. The van der Waals surface area contributed by atoms with Crippen LogP contribution >= 0.6 is 0 Å². The normalized spacial score (nSPS) is 41.1. The van der Waals surface area contributed by atoms with E-state index in [1.165, 1.54) is 30.4 Å². The Morgan fingerprint density at radius 1 is 1.57 bits per heavy atom. The summed E-state index contributed by atoms with van der Waals surface area (Å²) >= 11 is 0. The van der Waals surface area contributed by atoms with Gasteiger partial charge in [-0.1, -0.05) is 43.4 Å². The third-order valence-electron chi connectivity index (χ3n) is 4.09. The summed E-state index contributed by atoms with van der Waals surface area (Å²) in [6.07, 6.45) is 8.35. The van der Waals surface area contributed by atoms with Crippen LogP contribution in [0.25, 0.3) is 0 Å². The predicted octanol–water partition coefficient (Wildman–Crippen LogP) is 4.11. The van der Waals surface area contributed by atoms with Crippen LogP contribution in [0.4, 0.5) is 0 Å². The van der Waals surface area contributed by atoms with E-state index < -0.39 is 0 Å². The molecule has 1 saturated carbocycles. The van der Waals surface area contributed by atoms with Gasteiger partial charge in [0.2, 0.25) is 0 Å². The molecule has 1 fully saturated rings. The van der Waals surface area contributed by atoms with Crippen molar-refractivity contribution in [2.45, 2.75) is 33.1 Å². The van der Waals surface area contributed by atoms with Crippen LogP contribution in [0, 0.1) is 17.3 Å². The Morgan fingerprint density at radius 3 is 2.86 bits per heavy atom. The lowest BCUT2D eigenvalue weighted by atomic mass is 9.59. The SMILES string of the molecule is C=C(C)[C@@H]1C[C@@H]2C=CC[C@](C)(C1)C2=C. The van der Waals surface area contributed by atoms with Gasteiger partial charge in [-0.05, 0) is 43.4 Å². The highest BCUT2D eigenvalue weighted by molar-refractivity contribution is 5.28. The summed E-state index contributed by atoms with van der Waals surface area (Å²) < 4.78 is 0. The van der Waals surface area contributed by atoms with Crippen LogP contribution in [0.1, 0.15) is 33.1 Å². The molecular formula is C14H20. The van der Waals surface area contributed by atoms with Crippen molar-refractivity contribution in [2.75, 3.05) is 0 Å². The first-order valence-electron chi connectivity index (χ1n) is 5.54. The zero-order valence-corrected chi connectivity index (χ0v) is 9.34. The van der Waals surface area contributed by atoms with E-state index in [9.17, 15) is 0 Å². The maximum Gasteiger partial charge on any atom is -0.00147 e. The maximum atomic E-state index is 4.28. The van der Waals surface area contributed by atoms with E-state index in [-0.39, 0.29) is 0 Å². The Labute approximate surface area is 87.4 Å². The Balaban J connectivity index is 2.29. The first kappa shape index (κ1) is 9.76. The van der Waals surface area contributed by atoms with Gasteiger partial charge in [0, 0.05) is 0 Å². The lowest BCUT2D eigenvalue weighted by Crippen LogP contribution is -2.35. The van der Waals surface area contributed by atoms with Crippen molar-refractivity contribution in [3.05, 3.63) is 36.5 Å². The Bertz CT molecular complexity index is 308. The minimum absolute atomic E-state index is 0.348. The molecule has 0 nitrogen and oxygen atoms in total. The van der Waals surface area contributed by atoms with Crippen LogP contribution < -0.4 is 0 Å². The zero-order valence-electron chi connectivity index (χ0n) is 9.34. The highest BCUT2D eigenvalue weighted by Gasteiger charge is 2.40. The Morgan fingerprint density at radius 2 is 2.29 bits per heavy atom. The molecule has 2 rings (SSSR count). The molecule has 0 N–H and O–H groups in total. The van der Waals surface area contributed by atoms with E-state index in [2.05, 4.69) is 39.2 Å². The fourth-order valence-electron chi connectivity index (χ4n) is 2.93. The zero-order chi connectivity index (χ0) is 10.3. The quantitative estimate of drug-likeness (QED) is 0.543. The van der Waals surface area contributed by atoms with Crippen molar-refractivity contribution in [2.24, 2.45) is 17.3 Å². The molecule has 0 heteroatoms. The molecule has 2 bridgehead atoms. The van der Waals surface area contributed by atoms with E-state index in [4.69, 9.17) is 0 Å². The second kappa shape index (κ2) is 3.12. The molecule has 0 unspecified atom stereocenters. The third-order valence-corrected chi connectivity index (χ3v) is 4.09. The highest BCUT2D eigenvalue weighted by Crippen LogP contribution is 2.52. The number of rotatable bonds is 1. The second-order valence-corrected chi connectivity index (χ2v) is 5.31. The molecule has 3 atom stereocenters. The average molecular weight is 188 g/mol. The van der Waals surface area contributed by atoms with E-state index in [1.807, 2.05) is 0 Å². The van der Waals surface area contributed by atoms with Gasteiger partial charge < -0.3 is 0 Å². The molecule has 0 heterocycles. The van der Waals surface area contributed by atoms with Crippen LogP contribution in [-0.4, -0.2) is 0 Å². The summed E-state index contributed by atoms with van der Waals surface area (Å²) in [4.78, 5) is 0. The second-order valence-electron chi connectivity index (χ2n) is 5.31. The Kier molecular flexibility index (Phi) is 2.17. The molecule has 0 spiro atoms. The summed E-state index contributed by atoms with van der Waals surface area (Å²) in [6, 6.07) is 0. The van der Waals surface area contributed by atoms with Crippen LogP contribution in [0.15, 0.2) is 36.5 Å². The van der Waals surface area contributed by atoms with Crippen molar-refractivity contribution in [3.8, 4) is 0 Å². The van der Waals surface area contributed by atoms with Gasteiger partial charge in [0.25, 0.3) is 0 Å². The molecule has 14 heavy (non-hydrogen) atoms. The minimum atomic E-state index is 0.348. The van der Waals surface area contributed by atoms with E-state index in [1.54, 1.807) is 0 Å². The van der Waals surface area contributed by atoms with Gasteiger partial charge in [-0.2, -0.15) is 0 Å². The minimum Gasteiger partial charge on any atom is -0.0999 e. The summed E-state index contributed by atoms with van der Waals surface area (Å²) in [6.45, 7) is 12.9. The van der Waals surface area contributed by atoms with Gasteiger partial charge in [0.15, 0.2) is 0 Å². The summed E-state index contributed by atoms with van der Waals surface area (Å²) in [5, 5.41) is 0. The summed E-state index contributed by atoms with van der Waals surface area (Å²) in [7, 11) is 0. The number of allylic oxidation sites excluding steroid dienone is 4. The molecule has 0 saturated heterocycles. The van der Waals surface area contributed by atoms with Gasteiger partial charge in [-0.25, -0.2) is 0 Å². The highest BCUT2D eigenvalue weighted by atomic mass is 14.4. The largest absolute Gasteiger partial charge is 0.0999 e. The van der Waals surface area contributed by atoms with Crippen LogP contribution in [0.2, 0.25) is 0 Å². The topological polar surface area (TPSA) is 0 Å². The molecule has 0 aromatic carbocycles. The van der Waals surface area contributed by atoms with Crippen LogP contribution in [-0.2, 0) is 0 Å². The van der Waals surface area contributed by atoms with Gasteiger partial charge in [0.05, 0.1) is 0 Å². The molecule has 0 aromatic heterocycles. The fourth-order valence-corrected chi connectivity index (χ4v) is 2.93. The van der Waals surface area contributed by atoms with Crippen LogP contribution in [0.3, 0.4) is 0 Å². The molecule has 0 aliphatic heterocycles. The van der Waals surface area contributed by atoms with Crippen molar-refractivity contribution in [3.63, 3.8) is 0 Å². The van der Waals surface area contributed by atoms with Crippen molar-refractivity contribution < 1.29 is 0 Å². The molecule has 0 aromatic rings. The Hall–Kier alpha value is -0.780. The predicted molar refractivity (Wildman–Crippen MR) is 62.0 cm³/mol. The van der Waals surface area contributed by atoms with Crippen molar-refractivity contribution in [1.82, 2.24) is 0 Å². The average Bonchev–Trinajstić information content (AvgIpc) is 2.07. The molecule has 2 aliphatic carbocycles. The van der Waals surface area contributed by atoms with Gasteiger partial charge in [-0.15, -0.1) is 0 Å². The number of fused-ring (bicyclic) bond motifs is 2. The summed E-state index contributed by atoms with van der Waals surface area (Å²) in [5.41, 5.74) is 3.16. The lowest BCUT2D eigenvalue weighted by Gasteiger charge is -2.46. The lowest BCUT2D eigenvalue weighted by molar-refractivity contribution is 0.218. The molecule has 76 valence electrons. The van der Waals surface area contributed by atoms with Crippen molar-refractivity contribution >= 4 is 0 Å². The molecule has 0 amide bonds. The van der Waals surface area contributed by atoms with Crippen LogP contribution in [0.5, 0.6) is 0 Å². The third kappa shape index (κ3) is 1.37. The first-order chi connectivity index (χ1) is 6.53. The summed E-state index contributed by atoms with van der Waals surface area (Å²) in [5.74, 6) is 1.32. The van der Waals surface area contributed by atoms with E-state index in [0.717, 1.165) is 0 Å². The number of hydrogen-bond acceptors (Lipinski definition) is 0. The number of hydrogen-bond donors (Lipinski definition) is 0. The molecular weight excluding hydrogens is 168 g/mol. The maximum absolute atomic E-state index is 4.28. The first-order valence-corrected chi connectivity index (χ1v) is 5.54. The van der Waals surface area contributed by atoms with Crippen molar-refractivity contribution in [1.29, 1.82) is 0 Å². The van der Waals surface area contributed by atoms with Gasteiger partial charge in [0.1, 0.15) is 0 Å². The molecule has 2 aliphatic rings. The van der Waals surface area contributed by atoms with Gasteiger partial charge in [-0.3, -0.25) is 0 Å². The van der Waals surface area contributed by atoms with Gasteiger partial charge >= 0.3 is 0 Å². The van der Waals surface area contributed by atoms with E-state index in [0.29, 0.717) is 17.3 Å². The molecule has 0 radical (unpaired) electrons. The fraction of sp³-hybridized carbons (Fsp3) is 0.571. The smallest absolute Gasteiger partial charge is 0.00147 e.